The first-order valence-corrected chi connectivity index (χ1v) is 6.54. The molecule has 2 unspecified atom stereocenters. The molecule has 2 aromatic carbocycles. The summed E-state index contributed by atoms with van der Waals surface area (Å²) in [6.07, 6.45) is 0. The highest BCUT2D eigenvalue weighted by atomic mass is 16.5. The Hall–Kier alpha value is -2.00. The van der Waals surface area contributed by atoms with Crippen LogP contribution in [0.1, 0.15) is 12.5 Å². The van der Waals surface area contributed by atoms with Crippen molar-refractivity contribution in [3.63, 3.8) is 0 Å². The summed E-state index contributed by atoms with van der Waals surface area (Å²) >= 11 is 0. The first kappa shape index (κ1) is 12.1. The van der Waals surface area contributed by atoms with Crippen molar-refractivity contribution in [1.82, 2.24) is 0 Å². The minimum atomic E-state index is -0.454. The summed E-state index contributed by atoms with van der Waals surface area (Å²) < 4.78 is 6.27. The molecular formula is C16H18N2O. The fourth-order valence-corrected chi connectivity index (χ4v) is 2.61. The van der Waals surface area contributed by atoms with E-state index < -0.39 is 5.60 Å². The monoisotopic (exact) mass is 254 g/mol. The van der Waals surface area contributed by atoms with Crippen LogP contribution in [-0.2, 0) is 5.60 Å². The lowest BCUT2D eigenvalue weighted by Crippen LogP contribution is -2.53. The molecule has 3 N–H and O–H groups in total. The van der Waals surface area contributed by atoms with Gasteiger partial charge in [-0.15, -0.1) is 0 Å². The zero-order valence-corrected chi connectivity index (χ0v) is 11.0. The minimum Gasteiger partial charge on any atom is -0.478 e. The number of fused-ring (bicyclic) bond motifs is 1. The highest BCUT2D eigenvalue weighted by molar-refractivity contribution is 5.60. The molecule has 0 aliphatic carbocycles. The van der Waals surface area contributed by atoms with E-state index in [9.17, 15) is 0 Å². The van der Waals surface area contributed by atoms with Gasteiger partial charge in [0.1, 0.15) is 5.75 Å². The maximum atomic E-state index is 6.27. The topological polar surface area (TPSA) is 47.3 Å². The molecule has 0 saturated carbocycles. The summed E-state index contributed by atoms with van der Waals surface area (Å²) in [5.74, 6) is 0.874. The van der Waals surface area contributed by atoms with Crippen LogP contribution < -0.4 is 15.8 Å². The summed E-state index contributed by atoms with van der Waals surface area (Å²) in [7, 11) is 0. The molecule has 0 bridgehead atoms. The van der Waals surface area contributed by atoms with Crippen LogP contribution >= 0.6 is 0 Å². The number of hydrogen-bond acceptors (Lipinski definition) is 3. The van der Waals surface area contributed by atoms with E-state index in [4.69, 9.17) is 10.5 Å². The second kappa shape index (κ2) is 4.59. The molecule has 1 aliphatic heterocycles. The average Bonchev–Trinajstić information content (AvgIpc) is 2.47. The number of hydrogen-bond donors (Lipinski definition) is 2. The number of ether oxygens (including phenoxy) is 1. The van der Waals surface area contributed by atoms with E-state index in [1.165, 1.54) is 0 Å². The Balaban J connectivity index is 2.06. The van der Waals surface area contributed by atoms with Crippen molar-refractivity contribution in [3.05, 3.63) is 60.2 Å². The minimum absolute atomic E-state index is 0.0461. The third-order valence-corrected chi connectivity index (χ3v) is 3.79. The Kier molecular flexibility index (Phi) is 2.91. The zero-order chi connectivity index (χ0) is 13.3. The van der Waals surface area contributed by atoms with Crippen molar-refractivity contribution in [2.45, 2.75) is 18.6 Å². The van der Waals surface area contributed by atoms with Crippen molar-refractivity contribution in [1.29, 1.82) is 0 Å². The summed E-state index contributed by atoms with van der Waals surface area (Å²) in [4.78, 5) is 0. The molecule has 0 fully saturated rings. The van der Waals surface area contributed by atoms with Crippen LogP contribution in [-0.4, -0.2) is 12.6 Å². The third-order valence-electron chi connectivity index (χ3n) is 3.79. The number of rotatable bonds is 2. The van der Waals surface area contributed by atoms with Gasteiger partial charge >= 0.3 is 0 Å². The van der Waals surface area contributed by atoms with Crippen molar-refractivity contribution < 1.29 is 4.74 Å². The van der Waals surface area contributed by atoms with Gasteiger partial charge in [-0.3, -0.25) is 0 Å². The van der Waals surface area contributed by atoms with Crippen LogP contribution in [0, 0.1) is 0 Å². The molecule has 19 heavy (non-hydrogen) atoms. The van der Waals surface area contributed by atoms with Crippen LogP contribution in [0.2, 0.25) is 0 Å². The van der Waals surface area contributed by atoms with Gasteiger partial charge < -0.3 is 15.8 Å². The first-order valence-electron chi connectivity index (χ1n) is 6.54. The second-order valence-electron chi connectivity index (χ2n) is 5.00. The molecule has 0 spiro atoms. The molecule has 1 heterocycles. The van der Waals surface area contributed by atoms with Crippen LogP contribution in [0.15, 0.2) is 54.6 Å². The van der Waals surface area contributed by atoms with Gasteiger partial charge in [-0.2, -0.15) is 0 Å². The lowest BCUT2D eigenvalue weighted by Gasteiger charge is -2.43. The standard InChI is InChI=1S/C16H18N2O/c1-16(12-7-3-2-4-8-12)15(11-17)18-13-9-5-6-10-14(13)19-16/h2-10,15,18H,11,17H2,1H3. The Labute approximate surface area is 113 Å². The maximum Gasteiger partial charge on any atom is 0.152 e. The quantitative estimate of drug-likeness (QED) is 0.866. The number of para-hydroxylation sites is 2. The molecule has 2 aromatic rings. The van der Waals surface area contributed by atoms with Gasteiger partial charge in [0, 0.05) is 6.54 Å². The number of nitrogens with one attached hydrogen (secondary N) is 1. The van der Waals surface area contributed by atoms with Gasteiger partial charge in [-0.1, -0.05) is 42.5 Å². The first-order chi connectivity index (χ1) is 9.24. The number of benzene rings is 2. The molecule has 0 saturated heterocycles. The van der Waals surface area contributed by atoms with Crippen LogP contribution in [0.3, 0.4) is 0 Å². The van der Waals surface area contributed by atoms with Crippen LogP contribution in [0.5, 0.6) is 5.75 Å². The number of nitrogens with two attached hydrogens (primary N) is 1. The molecule has 2 atom stereocenters. The van der Waals surface area contributed by atoms with E-state index in [1.54, 1.807) is 0 Å². The van der Waals surface area contributed by atoms with Crippen LogP contribution in [0.4, 0.5) is 5.69 Å². The molecule has 0 aromatic heterocycles. The van der Waals surface area contributed by atoms with E-state index in [0.717, 1.165) is 17.0 Å². The van der Waals surface area contributed by atoms with E-state index >= 15 is 0 Å². The highest BCUT2D eigenvalue weighted by Crippen LogP contribution is 2.40. The average molecular weight is 254 g/mol. The zero-order valence-electron chi connectivity index (χ0n) is 11.0. The predicted molar refractivity (Wildman–Crippen MR) is 77.3 cm³/mol. The lowest BCUT2D eigenvalue weighted by atomic mass is 9.86. The van der Waals surface area contributed by atoms with Crippen molar-refractivity contribution >= 4 is 5.69 Å². The summed E-state index contributed by atoms with van der Waals surface area (Å²) in [6.45, 7) is 2.60. The summed E-state index contributed by atoms with van der Waals surface area (Å²) in [5.41, 5.74) is 7.61. The Bertz CT molecular complexity index is 570. The second-order valence-corrected chi connectivity index (χ2v) is 5.00. The van der Waals surface area contributed by atoms with Gasteiger partial charge in [0.2, 0.25) is 0 Å². The lowest BCUT2D eigenvalue weighted by molar-refractivity contribution is 0.0588. The predicted octanol–water partition coefficient (Wildman–Crippen LogP) is 2.73. The van der Waals surface area contributed by atoms with Crippen LogP contribution in [0.25, 0.3) is 0 Å². The molecule has 98 valence electrons. The van der Waals surface area contributed by atoms with E-state index in [-0.39, 0.29) is 6.04 Å². The van der Waals surface area contributed by atoms with Crippen molar-refractivity contribution in [2.24, 2.45) is 5.73 Å². The molecule has 3 rings (SSSR count). The van der Waals surface area contributed by atoms with Gasteiger partial charge in [0.15, 0.2) is 5.60 Å². The molecule has 0 amide bonds. The fourth-order valence-electron chi connectivity index (χ4n) is 2.61. The fraction of sp³-hybridized carbons (Fsp3) is 0.250. The van der Waals surface area contributed by atoms with E-state index in [1.807, 2.05) is 42.5 Å². The normalized spacial score (nSPS) is 25.1. The molecular weight excluding hydrogens is 236 g/mol. The number of anilines is 1. The molecule has 3 nitrogen and oxygen atoms in total. The summed E-state index contributed by atoms with van der Waals surface area (Å²) in [5, 5.41) is 3.49. The van der Waals surface area contributed by atoms with Gasteiger partial charge in [0.25, 0.3) is 0 Å². The van der Waals surface area contributed by atoms with E-state index in [2.05, 4.69) is 24.4 Å². The van der Waals surface area contributed by atoms with Crippen molar-refractivity contribution in [2.75, 3.05) is 11.9 Å². The van der Waals surface area contributed by atoms with E-state index in [0.29, 0.717) is 6.54 Å². The Morgan fingerprint density at radius 2 is 1.79 bits per heavy atom. The maximum absolute atomic E-state index is 6.27. The van der Waals surface area contributed by atoms with Crippen molar-refractivity contribution in [3.8, 4) is 5.75 Å². The Morgan fingerprint density at radius 3 is 2.53 bits per heavy atom. The highest BCUT2D eigenvalue weighted by Gasteiger charge is 2.41. The Morgan fingerprint density at radius 1 is 1.11 bits per heavy atom. The third kappa shape index (κ3) is 1.96. The molecule has 3 heteroatoms. The summed E-state index contributed by atoms with van der Waals surface area (Å²) in [6, 6.07) is 18.2. The van der Waals surface area contributed by atoms with Gasteiger partial charge in [-0.25, -0.2) is 0 Å². The largest absolute Gasteiger partial charge is 0.478 e. The van der Waals surface area contributed by atoms with Gasteiger partial charge in [0.05, 0.1) is 11.7 Å². The SMILES string of the molecule is CC1(c2ccccc2)Oc2ccccc2NC1CN. The smallest absolute Gasteiger partial charge is 0.152 e. The van der Waals surface area contributed by atoms with Gasteiger partial charge in [-0.05, 0) is 24.6 Å². The molecule has 1 aliphatic rings. The molecule has 0 radical (unpaired) electrons.